The topological polar surface area (TPSA) is 89.3 Å². The van der Waals surface area contributed by atoms with E-state index in [1.807, 2.05) is 0 Å². The van der Waals surface area contributed by atoms with Crippen molar-refractivity contribution in [1.29, 1.82) is 0 Å². The van der Waals surface area contributed by atoms with Crippen LogP contribution in [-0.2, 0) is 10.0 Å². The highest BCUT2D eigenvalue weighted by Crippen LogP contribution is 2.27. The van der Waals surface area contributed by atoms with Gasteiger partial charge in [0.25, 0.3) is 5.69 Å². The second-order valence-corrected chi connectivity index (χ2v) is 5.97. The Balaban J connectivity index is 3.29. The molecule has 20 heavy (non-hydrogen) atoms. The highest BCUT2D eigenvalue weighted by Gasteiger charge is 2.29. The number of benzene rings is 1. The molecule has 1 rings (SSSR count). The van der Waals surface area contributed by atoms with Crippen LogP contribution >= 0.6 is 0 Å². The van der Waals surface area contributed by atoms with Crippen LogP contribution in [0.25, 0.3) is 0 Å². The lowest BCUT2D eigenvalue weighted by molar-refractivity contribution is -0.387. The summed E-state index contributed by atoms with van der Waals surface area (Å²) in [7, 11) is -3.99. The molecule has 1 unspecified atom stereocenters. The van der Waals surface area contributed by atoms with E-state index in [2.05, 4.69) is 10.6 Å². The number of nitro benzene ring substituents is 1. The second-order valence-electron chi connectivity index (χ2n) is 4.31. The minimum absolute atomic E-state index is 0.232. The molecule has 0 saturated heterocycles. The van der Waals surface area contributed by atoms with E-state index in [9.17, 15) is 18.5 Å². The van der Waals surface area contributed by atoms with Gasteiger partial charge in [-0.25, -0.2) is 13.1 Å². The lowest BCUT2D eigenvalue weighted by Crippen LogP contribution is -2.34. The lowest BCUT2D eigenvalue weighted by Gasteiger charge is -2.15. The number of nitro groups is 1. The molecule has 0 amide bonds. The van der Waals surface area contributed by atoms with Crippen molar-refractivity contribution in [2.24, 2.45) is 0 Å². The Morgan fingerprint density at radius 2 is 2.15 bits per heavy atom. The molecule has 0 heterocycles. The average molecular weight is 296 g/mol. The molecule has 1 aromatic rings. The first kappa shape index (κ1) is 16.1. The summed E-state index contributed by atoms with van der Waals surface area (Å²) in [4.78, 5) is 9.97. The van der Waals surface area contributed by atoms with Crippen LogP contribution in [-0.4, -0.2) is 19.4 Å². The van der Waals surface area contributed by atoms with Crippen LogP contribution in [0.15, 0.2) is 23.1 Å². The van der Waals surface area contributed by atoms with Crippen molar-refractivity contribution in [2.45, 2.75) is 37.6 Å². The molecule has 0 spiro atoms. The maximum Gasteiger partial charge on any atom is 0.289 e. The minimum Gasteiger partial charge on any atom is -0.258 e. The molecule has 0 aliphatic rings. The minimum atomic E-state index is -3.99. The third-order valence-electron chi connectivity index (χ3n) is 2.84. The number of nitrogens with one attached hydrogen (secondary N) is 1. The van der Waals surface area contributed by atoms with Crippen molar-refractivity contribution in [1.82, 2.24) is 4.72 Å². The van der Waals surface area contributed by atoms with Crippen molar-refractivity contribution >= 4 is 15.7 Å². The number of nitrogens with zero attached hydrogens (tertiary/aromatic N) is 1. The summed E-state index contributed by atoms with van der Waals surface area (Å²) < 4.78 is 27.1. The molecule has 108 valence electrons. The van der Waals surface area contributed by atoms with Crippen LogP contribution in [0.4, 0.5) is 5.69 Å². The van der Waals surface area contributed by atoms with Gasteiger partial charge in [-0.15, -0.1) is 12.3 Å². The molecule has 0 aliphatic carbocycles. The van der Waals surface area contributed by atoms with E-state index in [1.54, 1.807) is 6.92 Å². The Morgan fingerprint density at radius 1 is 1.50 bits per heavy atom. The maximum absolute atomic E-state index is 12.3. The molecule has 0 aliphatic heterocycles. The van der Waals surface area contributed by atoms with Gasteiger partial charge in [0.2, 0.25) is 10.0 Å². The van der Waals surface area contributed by atoms with Crippen molar-refractivity contribution in [3.05, 3.63) is 33.9 Å². The molecule has 1 N–H and O–H groups in total. The van der Waals surface area contributed by atoms with E-state index in [4.69, 9.17) is 6.42 Å². The standard InChI is InChI=1S/C13H16N2O4S/c1-4-7-11(5-2)14-20(18,19)13-10(3)8-6-9-12(13)15(16)17/h1,6,8-9,11,14H,5,7H2,2-3H3. The largest absolute Gasteiger partial charge is 0.289 e. The summed E-state index contributed by atoms with van der Waals surface area (Å²) in [5, 5.41) is 11.0. The second kappa shape index (κ2) is 6.50. The molecule has 1 aromatic carbocycles. The molecular weight excluding hydrogens is 280 g/mol. The quantitative estimate of drug-likeness (QED) is 0.494. The zero-order valence-electron chi connectivity index (χ0n) is 11.3. The van der Waals surface area contributed by atoms with Gasteiger partial charge in [-0.1, -0.05) is 19.1 Å². The molecule has 0 bridgehead atoms. The lowest BCUT2D eigenvalue weighted by atomic mass is 10.2. The van der Waals surface area contributed by atoms with Gasteiger partial charge in [0, 0.05) is 18.5 Å². The van der Waals surface area contributed by atoms with Gasteiger partial charge in [-0.2, -0.15) is 0 Å². The molecule has 0 radical (unpaired) electrons. The Labute approximate surface area is 118 Å². The van der Waals surface area contributed by atoms with E-state index in [0.29, 0.717) is 12.0 Å². The van der Waals surface area contributed by atoms with Crippen molar-refractivity contribution in [3.8, 4) is 12.3 Å². The first-order valence-corrected chi connectivity index (χ1v) is 7.51. The summed E-state index contributed by atoms with van der Waals surface area (Å²) >= 11 is 0. The van der Waals surface area contributed by atoms with Crippen LogP contribution in [0.5, 0.6) is 0 Å². The highest BCUT2D eigenvalue weighted by atomic mass is 32.2. The molecular formula is C13H16N2O4S. The van der Waals surface area contributed by atoms with Crippen LogP contribution in [0, 0.1) is 29.4 Å². The maximum atomic E-state index is 12.3. The van der Waals surface area contributed by atoms with Crippen LogP contribution in [0.3, 0.4) is 0 Å². The molecule has 0 aromatic heterocycles. The van der Waals surface area contributed by atoms with Crippen LogP contribution in [0.2, 0.25) is 0 Å². The van der Waals surface area contributed by atoms with E-state index in [1.165, 1.54) is 25.1 Å². The summed E-state index contributed by atoms with van der Waals surface area (Å²) in [6.45, 7) is 3.31. The first-order chi connectivity index (χ1) is 9.33. The Morgan fingerprint density at radius 3 is 2.65 bits per heavy atom. The molecule has 6 nitrogen and oxygen atoms in total. The fourth-order valence-electron chi connectivity index (χ4n) is 1.82. The monoisotopic (exact) mass is 296 g/mol. The smallest absolute Gasteiger partial charge is 0.258 e. The third kappa shape index (κ3) is 3.56. The molecule has 0 saturated carbocycles. The van der Waals surface area contributed by atoms with Gasteiger partial charge in [0.1, 0.15) is 0 Å². The molecule has 7 heteroatoms. The van der Waals surface area contributed by atoms with Gasteiger partial charge < -0.3 is 0 Å². The van der Waals surface area contributed by atoms with E-state index in [-0.39, 0.29) is 11.3 Å². The fourth-order valence-corrected chi connectivity index (χ4v) is 3.54. The van der Waals surface area contributed by atoms with Gasteiger partial charge in [-0.3, -0.25) is 10.1 Å². The molecule has 0 fully saturated rings. The van der Waals surface area contributed by atoms with Crippen LogP contribution in [0.1, 0.15) is 25.3 Å². The van der Waals surface area contributed by atoms with E-state index in [0.717, 1.165) is 0 Å². The van der Waals surface area contributed by atoms with E-state index >= 15 is 0 Å². The number of aryl methyl sites for hydroxylation is 1. The number of hydrogen-bond donors (Lipinski definition) is 1. The van der Waals surface area contributed by atoms with Gasteiger partial charge in [0.15, 0.2) is 4.90 Å². The van der Waals surface area contributed by atoms with Crippen molar-refractivity contribution in [3.63, 3.8) is 0 Å². The zero-order chi connectivity index (χ0) is 15.3. The Bertz CT molecular complexity index is 647. The van der Waals surface area contributed by atoms with Gasteiger partial charge >= 0.3 is 0 Å². The molecule has 1 atom stereocenters. The third-order valence-corrected chi connectivity index (χ3v) is 4.55. The number of terminal acetylenes is 1. The fraction of sp³-hybridized carbons (Fsp3) is 0.385. The van der Waals surface area contributed by atoms with Gasteiger partial charge in [-0.05, 0) is 18.9 Å². The SMILES string of the molecule is C#CCC(CC)NS(=O)(=O)c1c(C)cccc1[N+](=O)[O-]. The normalized spacial score (nSPS) is 12.7. The summed E-state index contributed by atoms with van der Waals surface area (Å²) in [5.41, 5.74) is -0.115. The summed E-state index contributed by atoms with van der Waals surface area (Å²) in [6, 6.07) is 3.70. The predicted molar refractivity (Wildman–Crippen MR) is 75.7 cm³/mol. The zero-order valence-corrected chi connectivity index (χ0v) is 12.1. The number of hydrogen-bond acceptors (Lipinski definition) is 4. The number of sulfonamides is 1. The van der Waals surface area contributed by atoms with Crippen molar-refractivity contribution in [2.75, 3.05) is 0 Å². The summed E-state index contributed by atoms with van der Waals surface area (Å²) in [6.07, 6.45) is 5.91. The van der Waals surface area contributed by atoms with Crippen LogP contribution < -0.4 is 4.72 Å². The summed E-state index contributed by atoms with van der Waals surface area (Å²) in [5.74, 6) is 2.38. The Kier molecular flexibility index (Phi) is 5.25. The van der Waals surface area contributed by atoms with Crippen molar-refractivity contribution < 1.29 is 13.3 Å². The number of rotatable bonds is 6. The average Bonchev–Trinajstić information content (AvgIpc) is 2.37. The predicted octanol–water partition coefficient (Wildman–Crippen LogP) is 1.98. The van der Waals surface area contributed by atoms with Gasteiger partial charge in [0.05, 0.1) is 4.92 Å². The Hall–Kier alpha value is -1.91. The highest BCUT2D eigenvalue weighted by molar-refractivity contribution is 7.89. The first-order valence-electron chi connectivity index (χ1n) is 6.03. The van der Waals surface area contributed by atoms with E-state index < -0.39 is 26.7 Å².